The summed E-state index contributed by atoms with van der Waals surface area (Å²) in [7, 11) is 0. The Morgan fingerprint density at radius 1 is 1.40 bits per heavy atom. The summed E-state index contributed by atoms with van der Waals surface area (Å²) in [6, 6.07) is 6.23. The number of benzene rings is 1. The standard InChI is InChI=1S/C11H16N2O2/c1-2-7-11(13,10(12)15)8-3-5-9(14)6-4-8/h3-6,14H,2,7,13H2,1H3,(H2,12,15). The highest BCUT2D eigenvalue weighted by molar-refractivity contribution is 5.85. The van der Waals surface area contributed by atoms with E-state index in [0.717, 1.165) is 6.42 Å². The van der Waals surface area contributed by atoms with E-state index in [9.17, 15) is 4.79 Å². The molecule has 15 heavy (non-hydrogen) atoms. The van der Waals surface area contributed by atoms with Gasteiger partial charge in [-0.05, 0) is 24.1 Å². The van der Waals surface area contributed by atoms with Crippen molar-refractivity contribution in [3.05, 3.63) is 29.8 Å². The Bertz CT molecular complexity index is 348. The van der Waals surface area contributed by atoms with E-state index in [2.05, 4.69) is 0 Å². The number of amides is 1. The van der Waals surface area contributed by atoms with Gasteiger partial charge < -0.3 is 16.6 Å². The molecule has 0 spiro atoms. The number of aromatic hydroxyl groups is 1. The number of carbonyl (C=O) groups excluding carboxylic acids is 1. The van der Waals surface area contributed by atoms with Crippen LogP contribution in [0.15, 0.2) is 24.3 Å². The molecule has 4 nitrogen and oxygen atoms in total. The lowest BCUT2D eigenvalue weighted by atomic mass is 9.86. The summed E-state index contributed by atoms with van der Waals surface area (Å²) in [5.74, 6) is -0.405. The molecule has 0 radical (unpaired) electrons. The van der Waals surface area contributed by atoms with Gasteiger partial charge in [0, 0.05) is 0 Å². The first-order valence-electron chi connectivity index (χ1n) is 4.89. The molecule has 1 aromatic carbocycles. The minimum absolute atomic E-state index is 0.141. The van der Waals surface area contributed by atoms with Crippen molar-refractivity contribution in [1.29, 1.82) is 0 Å². The third-order valence-corrected chi connectivity index (χ3v) is 2.47. The lowest BCUT2D eigenvalue weighted by Crippen LogP contribution is -2.48. The van der Waals surface area contributed by atoms with E-state index in [1.807, 2.05) is 6.92 Å². The molecule has 1 atom stereocenters. The van der Waals surface area contributed by atoms with Crippen LogP contribution in [0.3, 0.4) is 0 Å². The van der Waals surface area contributed by atoms with Crippen LogP contribution in [0, 0.1) is 0 Å². The number of nitrogens with two attached hydrogens (primary N) is 2. The molecule has 1 rings (SSSR count). The smallest absolute Gasteiger partial charge is 0.242 e. The number of primary amides is 1. The number of carbonyl (C=O) groups is 1. The zero-order chi connectivity index (χ0) is 11.5. The Morgan fingerprint density at radius 2 is 1.93 bits per heavy atom. The van der Waals surface area contributed by atoms with Crippen LogP contribution in [0.1, 0.15) is 25.3 Å². The average molecular weight is 208 g/mol. The highest BCUT2D eigenvalue weighted by Crippen LogP contribution is 2.25. The van der Waals surface area contributed by atoms with Crippen molar-refractivity contribution in [3.63, 3.8) is 0 Å². The van der Waals surface area contributed by atoms with Gasteiger partial charge in [-0.2, -0.15) is 0 Å². The van der Waals surface area contributed by atoms with Gasteiger partial charge in [-0.15, -0.1) is 0 Å². The first kappa shape index (κ1) is 11.5. The number of rotatable bonds is 4. The summed E-state index contributed by atoms with van der Waals surface area (Å²) >= 11 is 0. The molecule has 4 heteroatoms. The van der Waals surface area contributed by atoms with Crippen molar-refractivity contribution >= 4 is 5.91 Å². The number of phenolic OH excluding ortho intramolecular Hbond substituents is 1. The maximum atomic E-state index is 11.3. The summed E-state index contributed by atoms with van der Waals surface area (Å²) in [6.45, 7) is 1.94. The molecular formula is C11H16N2O2. The highest BCUT2D eigenvalue weighted by Gasteiger charge is 2.32. The monoisotopic (exact) mass is 208 g/mol. The normalized spacial score (nSPS) is 14.5. The second kappa shape index (κ2) is 4.31. The molecule has 1 amide bonds. The molecule has 1 aromatic rings. The van der Waals surface area contributed by atoms with Crippen LogP contribution < -0.4 is 11.5 Å². The Labute approximate surface area is 88.9 Å². The van der Waals surface area contributed by atoms with E-state index in [1.165, 1.54) is 12.1 Å². The first-order valence-corrected chi connectivity index (χ1v) is 4.89. The third-order valence-electron chi connectivity index (χ3n) is 2.47. The van der Waals surface area contributed by atoms with Gasteiger partial charge in [0.1, 0.15) is 11.3 Å². The topological polar surface area (TPSA) is 89.3 Å². The Balaban J connectivity index is 3.09. The van der Waals surface area contributed by atoms with E-state index in [0.29, 0.717) is 12.0 Å². The quantitative estimate of drug-likeness (QED) is 0.684. The van der Waals surface area contributed by atoms with Gasteiger partial charge in [-0.1, -0.05) is 25.5 Å². The van der Waals surface area contributed by atoms with E-state index in [-0.39, 0.29) is 5.75 Å². The van der Waals surface area contributed by atoms with Gasteiger partial charge in [0.15, 0.2) is 0 Å². The molecule has 0 bridgehead atoms. The van der Waals surface area contributed by atoms with Crippen molar-refractivity contribution in [1.82, 2.24) is 0 Å². The fraction of sp³-hybridized carbons (Fsp3) is 0.364. The van der Waals surface area contributed by atoms with Crippen LogP contribution in [0.5, 0.6) is 5.75 Å². The number of hydrogen-bond acceptors (Lipinski definition) is 3. The maximum absolute atomic E-state index is 11.3. The molecule has 0 saturated heterocycles. The average Bonchev–Trinajstić information content (AvgIpc) is 2.18. The van der Waals surface area contributed by atoms with E-state index >= 15 is 0 Å². The van der Waals surface area contributed by atoms with Crippen molar-refractivity contribution in [2.45, 2.75) is 25.3 Å². The minimum Gasteiger partial charge on any atom is -0.508 e. The molecule has 0 aromatic heterocycles. The Hall–Kier alpha value is -1.55. The van der Waals surface area contributed by atoms with Crippen LogP contribution in [0.25, 0.3) is 0 Å². The zero-order valence-corrected chi connectivity index (χ0v) is 8.73. The van der Waals surface area contributed by atoms with Gasteiger partial charge in [0.25, 0.3) is 0 Å². The Morgan fingerprint density at radius 3 is 2.33 bits per heavy atom. The van der Waals surface area contributed by atoms with Crippen molar-refractivity contribution in [3.8, 4) is 5.75 Å². The molecular weight excluding hydrogens is 192 g/mol. The predicted molar refractivity (Wildman–Crippen MR) is 58.1 cm³/mol. The van der Waals surface area contributed by atoms with Gasteiger partial charge in [0.05, 0.1) is 0 Å². The van der Waals surface area contributed by atoms with Crippen molar-refractivity contribution in [2.24, 2.45) is 11.5 Å². The van der Waals surface area contributed by atoms with Gasteiger partial charge in [-0.25, -0.2) is 0 Å². The molecule has 0 aliphatic carbocycles. The lowest BCUT2D eigenvalue weighted by molar-refractivity contribution is -0.123. The predicted octanol–water partition coefficient (Wildman–Crippen LogP) is 0.832. The summed E-state index contributed by atoms with van der Waals surface area (Å²) in [5, 5.41) is 9.13. The summed E-state index contributed by atoms with van der Waals surface area (Å²) in [4.78, 5) is 11.3. The summed E-state index contributed by atoms with van der Waals surface area (Å²) < 4.78 is 0. The van der Waals surface area contributed by atoms with Gasteiger partial charge >= 0.3 is 0 Å². The van der Waals surface area contributed by atoms with Gasteiger partial charge in [0.2, 0.25) is 5.91 Å². The number of phenols is 1. The summed E-state index contributed by atoms with van der Waals surface area (Å²) in [6.07, 6.45) is 1.26. The lowest BCUT2D eigenvalue weighted by Gasteiger charge is -2.25. The molecule has 0 heterocycles. The largest absolute Gasteiger partial charge is 0.508 e. The molecule has 0 aliphatic heterocycles. The van der Waals surface area contributed by atoms with Crippen LogP contribution in [0.2, 0.25) is 0 Å². The molecule has 0 fully saturated rings. The summed E-state index contributed by atoms with van der Waals surface area (Å²) in [5.41, 5.74) is 10.8. The van der Waals surface area contributed by atoms with Crippen LogP contribution in [-0.2, 0) is 10.3 Å². The van der Waals surface area contributed by atoms with Crippen LogP contribution >= 0.6 is 0 Å². The molecule has 1 unspecified atom stereocenters. The maximum Gasteiger partial charge on any atom is 0.242 e. The van der Waals surface area contributed by atoms with E-state index in [4.69, 9.17) is 16.6 Å². The van der Waals surface area contributed by atoms with Crippen LogP contribution in [0.4, 0.5) is 0 Å². The first-order chi connectivity index (χ1) is 7.00. The van der Waals surface area contributed by atoms with Crippen LogP contribution in [-0.4, -0.2) is 11.0 Å². The SMILES string of the molecule is CCCC(N)(C(N)=O)c1ccc(O)cc1. The van der Waals surface area contributed by atoms with Crippen molar-refractivity contribution in [2.75, 3.05) is 0 Å². The number of hydrogen-bond donors (Lipinski definition) is 3. The Kier molecular flexibility index (Phi) is 3.31. The van der Waals surface area contributed by atoms with E-state index in [1.54, 1.807) is 12.1 Å². The van der Waals surface area contributed by atoms with Gasteiger partial charge in [-0.3, -0.25) is 4.79 Å². The second-order valence-corrected chi connectivity index (χ2v) is 3.63. The third kappa shape index (κ3) is 2.27. The molecule has 5 N–H and O–H groups in total. The molecule has 0 aliphatic rings. The fourth-order valence-corrected chi connectivity index (χ4v) is 1.56. The zero-order valence-electron chi connectivity index (χ0n) is 8.73. The fourth-order valence-electron chi connectivity index (χ4n) is 1.56. The molecule has 0 saturated carbocycles. The van der Waals surface area contributed by atoms with Crippen molar-refractivity contribution < 1.29 is 9.90 Å². The second-order valence-electron chi connectivity index (χ2n) is 3.63. The minimum atomic E-state index is -1.14. The highest BCUT2D eigenvalue weighted by atomic mass is 16.3. The molecule has 82 valence electrons. The van der Waals surface area contributed by atoms with E-state index < -0.39 is 11.4 Å².